The number of likely N-dealkylation sites (tertiary alicyclic amines) is 1. The first kappa shape index (κ1) is 20.2. The van der Waals surface area contributed by atoms with Crippen LogP contribution in [-0.2, 0) is 22.5 Å². The molecule has 0 bridgehead atoms. The molecule has 2 unspecified atom stereocenters. The van der Waals surface area contributed by atoms with Crippen molar-refractivity contribution < 1.29 is 14.1 Å². The lowest BCUT2D eigenvalue weighted by atomic mass is 9.91. The fourth-order valence-corrected chi connectivity index (χ4v) is 4.43. The Labute approximate surface area is 161 Å². The number of hydrogen-bond acceptors (Lipinski definition) is 7. The Hall–Kier alpha value is -1.51. The number of nitrogens with zero attached hydrogens (tertiary/aromatic N) is 4. The number of rotatable bonds is 7. The normalized spacial score (nSPS) is 24.1. The van der Waals surface area contributed by atoms with Gasteiger partial charge in [0.1, 0.15) is 6.04 Å². The third-order valence-electron chi connectivity index (χ3n) is 6.24. The van der Waals surface area contributed by atoms with E-state index >= 15 is 0 Å². The molecule has 27 heavy (non-hydrogen) atoms. The number of carbonyl (C=O) groups excluding carboxylic acids is 1. The fraction of sp³-hybridized carbons (Fsp3) is 0.842. The molecule has 1 saturated heterocycles. The second kappa shape index (κ2) is 8.67. The molecule has 1 aliphatic heterocycles. The Kier molecular flexibility index (Phi) is 6.49. The minimum atomic E-state index is -0.602. The van der Waals surface area contributed by atoms with Crippen LogP contribution in [0, 0.1) is 0 Å². The largest absolute Gasteiger partial charge is 0.376 e. The second-order valence-corrected chi connectivity index (χ2v) is 7.89. The van der Waals surface area contributed by atoms with Gasteiger partial charge < -0.3 is 19.9 Å². The minimum absolute atomic E-state index is 0.0153. The molecular formula is C19H33N5O3. The summed E-state index contributed by atoms with van der Waals surface area (Å²) >= 11 is 0. The first-order chi connectivity index (χ1) is 13.0. The molecule has 0 aromatic carbocycles. The van der Waals surface area contributed by atoms with Crippen LogP contribution in [0.3, 0.4) is 0 Å². The number of carbonyl (C=O) groups is 1. The second-order valence-electron chi connectivity index (χ2n) is 7.89. The number of hydrogen-bond donors (Lipinski definition) is 1. The van der Waals surface area contributed by atoms with E-state index in [2.05, 4.69) is 15.0 Å². The van der Waals surface area contributed by atoms with E-state index in [1.807, 2.05) is 18.9 Å². The van der Waals surface area contributed by atoms with Gasteiger partial charge in [-0.05, 0) is 32.2 Å². The van der Waals surface area contributed by atoms with Gasteiger partial charge in [0.15, 0.2) is 5.82 Å². The minimum Gasteiger partial charge on any atom is -0.376 e. The number of amides is 1. The van der Waals surface area contributed by atoms with Gasteiger partial charge in [0.2, 0.25) is 11.8 Å². The van der Waals surface area contributed by atoms with Gasteiger partial charge in [-0.25, -0.2) is 0 Å². The van der Waals surface area contributed by atoms with Crippen molar-refractivity contribution in [3.63, 3.8) is 0 Å². The summed E-state index contributed by atoms with van der Waals surface area (Å²) in [6.07, 6.45) is 6.62. The van der Waals surface area contributed by atoms with Gasteiger partial charge in [-0.2, -0.15) is 4.98 Å². The van der Waals surface area contributed by atoms with Gasteiger partial charge in [-0.1, -0.05) is 24.9 Å². The van der Waals surface area contributed by atoms with E-state index in [9.17, 15) is 4.79 Å². The summed E-state index contributed by atoms with van der Waals surface area (Å²) < 4.78 is 10.9. The zero-order valence-corrected chi connectivity index (χ0v) is 16.8. The average Bonchev–Trinajstić information content (AvgIpc) is 3.36. The highest BCUT2D eigenvalue weighted by Gasteiger charge is 2.45. The van der Waals surface area contributed by atoms with Crippen molar-refractivity contribution in [2.45, 2.75) is 76.1 Å². The van der Waals surface area contributed by atoms with Crippen molar-refractivity contribution in [1.82, 2.24) is 19.9 Å². The Morgan fingerprint density at radius 3 is 2.81 bits per heavy atom. The smallest absolute Gasteiger partial charge is 0.242 e. The Morgan fingerprint density at radius 1 is 1.44 bits per heavy atom. The third kappa shape index (κ3) is 4.33. The van der Waals surface area contributed by atoms with Crippen LogP contribution in [0.5, 0.6) is 0 Å². The summed E-state index contributed by atoms with van der Waals surface area (Å²) in [5, 5.41) is 4.04. The van der Waals surface area contributed by atoms with E-state index in [-0.39, 0.29) is 11.9 Å². The summed E-state index contributed by atoms with van der Waals surface area (Å²) in [5.74, 6) is 1.36. The van der Waals surface area contributed by atoms with E-state index in [1.54, 1.807) is 7.11 Å². The van der Waals surface area contributed by atoms with Crippen molar-refractivity contribution >= 4 is 5.91 Å². The molecular weight excluding hydrogens is 346 g/mol. The fourth-order valence-electron chi connectivity index (χ4n) is 4.43. The monoisotopic (exact) mass is 379 g/mol. The quantitative estimate of drug-likeness (QED) is 0.763. The molecule has 8 nitrogen and oxygen atoms in total. The predicted molar refractivity (Wildman–Crippen MR) is 101 cm³/mol. The van der Waals surface area contributed by atoms with Gasteiger partial charge >= 0.3 is 0 Å². The Morgan fingerprint density at radius 2 is 2.19 bits per heavy atom. The molecule has 0 radical (unpaired) electrons. The number of piperidine rings is 1. The molecule has 152 valence electrons. The van der Waals surface area contributed by atoms with Crippen molar-refractivity contribution in [3.05, 3.63) is 11.7 Å². The first-order valence-corrected chi connectivity index (χ1v) is 10.1. The lowest BCUT2D eigenvalue weighted by Crippen LogP contribution is -2.59. The zero-order chi connectivity index (χ0) is 19.4. The summed E-state index contributed by atoms with van der Waals surface area (Å²) in [6.45, 7) is 4.42. The van der Waals surface area contributed by atoms with E-state index in [0.717, 1.165) is 58.0 Å². The SMILES string of the molecule is CCc1nc(CN2CCCC(N(C)C(=O)C(N)C3(OC)CCCC3)C2)no1. The average molecular weight is 380 g/mol. The van der Waals surface area contributed by atoms with E-state index in [1.165, 1.54) is 0 Å². The van der Waals surface area contributed by atoms with Crippen LogP contribution < -0.4 is 5.73 Å². The molecule has 2 atom stereocenters. The highest BCUT2D eigenvalue weighted by Crippen LogP contribution is 2.35. The van der Waals surface area contributed by atoms with Crippen LogP contribution in [0.15, 0.2) is 4.52 Å². The molecule has 1 saturated carbocycles. The maximum atomic E-state index is 13.1. The lowest BCUT2D eigenvalue weighted by Gasteiger charge is -2.41. The molecule has 2 heterocycles. The molecule has 1 aliphatic carbocycles. The highest BCUT2D eigenvalue weighted by atomic mass is 16.5. The van der Waals surface area contributed by atoms with Crippen molar-refractivity contribution in [3.8, 4) is 0 Å². The maximum Gasteiger partial charge on any atom is 0.242 e. The summed E-state index contributed by atoms with van der Waals surface area (Å²) in [6, 6.07) is -0.458. The zero-order valence-electron chi connectivity index (χ0n) is 16.8. The molecule has 1 aromatic rings. The molecule has 1 aromatic heterocycles. The van der Waals surface area contributed by atoms with Gasteiger partial charge in [0.25, 0.3) is 0 Å². The van der Waals surface area contributed by atoms with Crippen LogP contribution in [0.1, 0.15) is 57.2 Å². The van der Waals surface area contributed by atoms with Crippen LogP contribution >= 0.6 is 0 Å². The molecule has 2 N–H and O–H groups in total. The summed E-state index contributed by atoms with van der Waals surface area (Å²) in [7, 11) is 3.55. The highest BCUT2D eigenvalue weighted by molar-refractivity contribution is 5.83. The number of nitrogens with two attached hydrogens (primary N) is 1. The van der Waals surface area contributed by atoms with E-state index < -0.39 is 11.6 Å². The topological polar surface area (TPSA) is 97.7 Å². The molecule has 8 heteroatoms. The van der Waals surface area contributed by atoms with Gasteiger partial charge in [-0.15, -0.1) is 0 Å². The molecule has 0 spiro atoms. The van der Waals surface area contributed by atoms with E-state index in [4.69, 9.17) is 15.0 Å². The van der Waals surface area contributed by atoms with Gasteiger partial charge in [0, 0.05) is 33.2 Å². The molecule has 3 rings (SSSR count). The van der Waals surface area contributed by atoms with Gasteiger partial charge in [-0.3, -0.25) is 9.69 Å². The van der Waals surface area contributed by atoms with E-state index in [0.29, 0.717) is 18.3 Å². The Balaban J connectivity index is 1.60. The standard InChI is InChI=1S/C19H33N5O3/c1-4-16-21-15(22-27-16)13-24-11-7-8-14(12-24)23(2)18(25)17(20)19(26-3)9-5-6-10-19/h14,17H,4-13,20H2,1-3H3. The number of ether oxygens (including phenoxy) is 1. The molecule has 2 aliphatic rings. The lowest BCUT2D eigenvalue weighted by molar-refractivity contribution is -0.142. The summed E-state index contributed by atoms with van der Waals surface area (Å²) in [5.41, 5.74) is 5.89. The van der Waals surface area contributed by atoms with Crippen molar-refractivity contribution in [2.24, 2.45) is 5.73 Å². The number of methoxy groups -OCH3 is 1. The number of likely N-dealkylation sites (N-methyl/N-ethyl adjacent to an activating group) is 1. The molecule has 2 fully saturated rings. The number of aromatic nitrogens is 2. The summed E-state index contributed by atoms with van der Waals surface area (Å²) in [4.78, 5) is 21.6. The maximum absolute atomic E-state index is 13.1. The van der Waals surface area contributed by atoms with Crippen LogP contribution in [0.4, 0.5) is 0 Å². The third-order valence-corrected chi connectivity index (χ3v) is 6.24. The number of aryl methyl sites for hydroxylation is 1. The molecule has 1 amide bonds. The first-order valence-electron chi connectivity index (χ1n) is 10.1. The van der Waals surface area contributed by atoms with Crippen molar-refractivity contribution in [2.75, 3.05) is 27.2 Å². The van der Waals surface area contributed by atoms with Crippen LogP contribution in [0.25, 0.3) is 0 Å². The predicted octanol–water partition coefficient (Wildman–Crippen LogP) is 1.34. The van der Waals surface area contributed by atoms with Crippen molar-refractivity contribution in [1.29, 1.82) is 0 Å². The van der Waals surface area contributed by atoms with Crippen LogP contribution in [-0.4, -0.2) is 70.8 Å². The Bertz CT molecular complexity index is 629. The van der Waals surface area contributed by atoms with Gasteiger partial charge in [0.05, 0.1) is 12.1 Å². The van der Waals surface area contributed by atoms with Crippen LogP contribution in [0.2, 0.25) is 0 Å².